The van der Waals surface area contributed by atoms with Crippen molar-refractivity contribution in [3.63, 3.8) is 0 Å². The Hall–Kier alpha value is -1.79. The molecule has 0 radical (unpaired) electrons. The number of rotatable bonds is 5. The molecule has 0 spiro atoms. The zero-order valence-electron chi connectivity index (χ0n) is 12.3. The van der Waals surface area contributed by atoms with Crippen LogP contribution in [0.1, 0.15) is 32.3 Å². The molecular formula is C15H21FN4O. The average Bonchev–Trinajstić information content (AvgIpc) is 2.78. The summed E-state index contributed by atoms with van der Waals surface area (Å²) in [6.45, 7) is 4.21. The molecule has 0 saturated carbocycles. The van der Waals surface area contributed by atoms with E-state index in [1.807, 2.05) is 0 Å². The summed E-state index contributed by atoms with van der Waals surface area (Å²) < 4.78 is 12.7. The standard InChI is InChI=1S/C15H21FN4O/c1-10-14(11(2)19-18-10)7-8-15(21)20-17-9-12-3-5-13(16)6-4-12/h3-6,9-11,14,18-19H,7-8H2,1-2H3,(H,20,21)/b17-9+. The van der Waals surface area contributed by atoms with Gasteiger partial charge in [0.1, 0.15) is 5.82 Å². The van der Waals surface area contributed by atoms with Gasteiger partial charge in [-0.3, -0.25) is 15.6 Å². The van der Waals surface area contributed by atoms with E-state index in [2.05, 4.69) is 35.2 Å². The molecule has 1 amide bonds. The highest BCUT2D eigenvalue weighted by Crippen LogP contribution is 2.19. The second-order valence-electron chi connectivity index (χ2n) is 5.41. The summed E-state index contributed by atoms with van der Waals surface area (Å²) in [5.74, 6) is 0.0229. The minimum atomic E-state index is -0.293. The van der Waals surface area contributed by atoms with Gasteiger partial charge in [-0.2, -0.15) is 5.10 Å². The fraction of sp³-hybridized carbons (Fsp3) is 0.467. The van der Waals surface area contributed by atoms with Crippen molar-refractivity contribution in [3.05, 3.63) is 35.6 Å². The Labute approximate surface area is 124 Å². The second kappa shape index (κ2) is 7.28. The number of hydrogen-bond donors (Lipinski definition) is 3. The largest absolute Gasteiger partial charge is 0.273 e. The number of nitrogens with zero attached hydrogens (tertiary/aromatic N) is 1. The summed E-state index contributed by atoms with van der Waals surface area (Å²) in [5, 5.41) is 3.88. The normalized spacial score (nSPS) is 25.4. The van der Waals surface area contributed by atoms with Gasteiger partial charge in [-0.15, -0.1) is 0 Å². The number of carbonyl (C=O) groups is 1. The average molecular weight is 292 g/mol. The third-order valence-electron chi connectivity index (χ3n) is 3.80. The SMILES string of the molecule is CC1NNC(C)C1CCC(=O)N/N=C/c1ccc(F)cc1. The highest BCUT2D eigenvalue weighted by molar-refractivity contribution is 5.82. The van der Waals surface area contributed by atoms with Gasteiger partial charge in [0.2, 0.25) is 5.91 Å². The molecule has 1 aliphatic rings. The first-order chi connectivity index (χ1) is 10.1. The van der Waals surface area contributed by atoms with Crippen molar-refractivity contribution >= 4 is 12.1 Å². The first-order valence-electron chi connectivity index (χ1n) is 7.15. The molecule has 1 aromatic rings. The topological polar surface area (TPSA) is 65.5 Å². The van der Waals surface area contributed by atoms with Crippen LogP contribution >= 0.6 is 0 Å². The monoisotopic (exact) mass is 292 g/mol. The third-order valence-corrected chi connectivity index (χ3v) is 3.80. The Bertz CT molecular complexity index is 493. The number of hydrazone groups is 1. The molecule has 0 aromatic heterocycles. The summed E-state index contributed by atoms with van der Waals surface area (Å²) in [6, 6.07) is 6.62. The van der Waals surface area contributed by atoms with E-state index >= 15 is 0 Å². The van der Waals surface area contributed by atoms with Gasteiger partial charge >= 0.3 is 0 Å². The molecule has 2 atom stereocenters. The molecule has 114 valence electrons. The summed E-state index contributed by atoms with van der Waals surface area (Å²) in [6.07, 6.45) is 2.74. The Morgan fingerprint density at radius 3 is 2.52 bits per heavy atom. The van der Waals surface area contributed by atoms with Crippen molar-refractivity contribution < 1.29 is 9.18 Å². The maximum Gasteiger partial charge on any atom is 0.240 e. The molecule has 21 heavy (non-hydrogen) atoms. The van der Waals surface area contributed by atoms with Crippen LogP contribution in [0, 0.1) is 11.7 Å². The summed E-state index contributed by atoms with van der Waals surface area (Å²) in [5.41, 5.74) is 9.57. The molecule has 1 aromatic carbocycles. The fourth-order valence-corrected chi connectivity index (χ4v) is 2.49. The molecule has 1 saturated heterocycles. The van der Waals surface area contributed by atoms with Crippen molar-refractivity contribution in [3.8, 4) is 0 Å². The number of halogens is 1. The second-order valence-corrected chi connectivity index (χ2v) is 5.41. The van der Waals surface area contributed by atoms with Crippen LogP contribution in [0.25, 0.3) is 0 Å². The van der Waals surface area contributed by atoms with E-state index < -0.39 is 0 Å². The molecule has 1 fully saturated rings. The van der Waals surface area contributed by atoms with Gasteiger partial charge in [0.05, 0.1) is 6.21 Å². The quantitative estimate of drug-likeness (QED) is 0.570. The molecule has 6 heteroatoms. The van der Waals surface area contributed by atoms with E-state index in [1.54, 1.807) is 12.1 Å². The van der Waals surface area contributed by atoms with Gasteiger partial charge < -0.3 is 0 Å². The molecule has 0 aliphatic carbocycles. The number of carbonyl (C=O) groups excluding carboxylic acids is 1. The molecule has 1 heterocycles. The zero-order chi connectivity index (χ0) is 15.2. The van der Waals surface area contributed by atoms with Crippen molar-refractivity contribution in [1.82, 2.24) is 16.3 Å². The van der Waals surface area contributed by atoms with E-state index in [1.165, 1.54) is 18.3 Å². The van der Waals surface area contributed by atoms with Gasteiger partial charge in [-0.05, 0) is 43.9 Å². The number of hydrogen-bond acceptors (Lipinski definition) is 4. The summed E-state index contributed by atoms with van der Waals surface area (Å²) in [7, 11) is 0. The first-order valence-corrected chi connectivity index (χ1v) is 7.15. The summed E-state index contributed by atoms with van der Waals surface area (Å²) >= 11 is 0. The Morgan fingerprint density at radius 1 is 1.29 bits per heavy atom. The molecular weight excluding hydrogens is 271 g/mol. The predicted molar refractivity (Wildman–Crippen MR) is 80.1 cm³/mol. The molecule has 2 unspecified atom stereocenters. The van der Waals surface area contributed by atoms with Crippen LogP contribution in [-0.4, -0.2) is 24.2 Å². The maximum atomic E-state index is 12.7. The lowest BCUT2D eigenvalue weighted by Gasteiger charge is -2.16. The van der Waals surface area contributed by atoms with Crippen LogP contribution in [0.4, 0.5) is 4.39 Å². The maximum absolute atomic E-state index is 12.7. The fourth-order valence-electron chi connectivity index (χ4n) is 2.49. The lowest BCUT2D eigenvalue weighted by Crippen LogP contribution is -2.30. The molecule has 1 aliphatic heterocycles. The summed E-state index contributed by atoms with van der Waals surface area (Å²) in [4.78, 5) is 11.7. The molecule has 0 bridgehead atoms. The Balaban J connectivity index is 1.73. The first kappa shape index (κ1) is 15.6. The van der Waals surface area contributed by atoms with Crippen LogP contribution in [0.3, 0.4) is 0 Å². The number of hydrazine groups is 1. The zero-order valence-corrected chi connectivity index (χ0v) is 12.3. The number of amides is 1. The smallest absolute Gasteiger partial charge is 0.240 e. The highest BCUT2D eigenvalue weighted by Gasteiger charge is 2.29. The van der Waals surface area contributed by atoms with E-state index in [-0.39, 0.29) is 11.7 Å². The van der Waals surface area contributed by atoms with Crippen molar-refractivity contribution in [2.45, 2.75) is 38.8 Å². The number of nitrogens with one attached hydrogen (secondary N) is 3. The van der Waals surface area contributed by atoms with E-state index in [0.717, 1.165) is 12.0 Å². The van der Waals surface area contributed by atoms with Crippen molar-refractivity contribution in [2.75, 3.05) is 0 Å². The van der Waals surface area contributed by atoms with Gasteiger partial charge in [0.15, 0.2) is 0 Å². The lowest BCUT2D eigenvalue weighted by molar-refractivity contribution is -0.121. The van der Waals surface area contributed by atoms with E-state index in [0.29, 0.717) is 24.4 Å². The van der Waals surface area contributed by atoms with Crippen LogP contribution in [0.5, 0.6) is 0 Å². The molecule has 3 N–H and O–H groups in total. The van der Waals surface area contributed by atoms with Crippen LogP contribution in [0.2, 0.25) is 0 Å². The predicted octanol–water partition coefficient (Wildman–Crippen LogP) is 1.56. The lowest BCUT2D eigenvalue weighted by atomic mass is 9.91. The van der Waals surface area contributed by atoms with Crippen LogP contribution in [0.15, 0.2) is 29.4 Å². The van der Waals surface area contributed by atoms with Crippen LogP contribution in [-0.2, 0) is 4.79 Å². The molecule has 5 nitrogen and oxygen atoms in total. The Morgan fingerprint density at radius 2 is 1.90 bits per heavy atom. The van der Waals surface area contributed by atoms with Gasteiger partial charge in [-0.1, -0.05) is 12.1 Å². The van der Waals surface area contributed by atoms with Crippen LogP contribution < -0.4 is 16.3 Å². The third kappa shape index (κ3) is 4.61. The van der Waals surface area contributed by atoms with Gasteiger partial charge in [-0.25, -0.2) is 9.82 Å². The van der Waals surface area contributed by atoms with Crippen molar-refractivity contribution in [2.24, 2.45) is 11.0 Å². The van der Waals surface area contributed by atoms with E-state index in [4.69, 9.17) is 0 Å². The Kier molecular flexibility index (Phi) is 5.41. The highest BCUT2D eigenvalue weighted by atomic mass is 19.1. The van der Waals surface area contributed by atoms with Gasteiger partial charge in [0, 0.05) is 18.5 Å². The minimum absolute atomic E-state index is 0.111. The van der Waals surface area contributed by atoms with Crippen molar-refractivity contribution in [1.29, 1.82) is 0 Å². The van der Waals surface area contributed by atoms with E-state index in [9.17, 15) is 9.18 Å². The number of benzene rings is 1. The minimum Gasteiger partial charge on any atom is -0.273 e. The van der Waals surface area contributed by atoms with Gasteiger partial charge in [0.25, 0.3) is 0 Å². The molecule has 2 rings (SSSR count).